The summed E-state index contributed by atoms with van der Waals surface area (Å²) < 4.78 is 0. The molecule has 0 amide bonds. The van der Waals surface area contributed by atoms with Gasteiger partial charge in [-0.2, -0.15) is 0 Å². The van der Waals surface area contributed by atoms with Gasteiger partial charge in [-0.05, 0) is 0 Å². The second kappa shape index (κ2) is 166. The van der Waals surface area contributed by atoms with Gasteiger partial charge in [0.25, 0.3) is 0 Å². The van der Waals surface area contributed by atoms with E-state index < -0.39 is 0 Å². The zero-order chi connectivity index (χ0) is 0. The third kappa shape index (κ3) is 117. The quantitative estimate of drug-likeness (QED) is 0.306. The number of hydrogen-bond donors (Lipinski definition) is 0. The molecule has 0 bridgehead atoms. The van der Waals surface area contributed by atoms with Crippen molar-refractivity contribution in [2.75, 3.05) is 0 Å². The molecule has 0 aromatic carbocycles. The van der Waals surface area contributed by atoms with Crippen LogP contribution in [0, 0.1) is 0 Å². The van der Waals surface area contributed by atoms with Crippen molar-refractivity contribution in [2.24, 2.45) is 0 Å². The van der Waals surface area contributed by atoms with Crippen molar-refractivity contribution in [1.29, 1.82) is 0 Å². The minimum absolute atomic E-state index is 0. The maximum Gasteiger partial charge on any atom is 1.00 e. The fourth-order valence-electron chi connectivity index (χ4n) is 0. The molecule has 0 fully saturated rings. The van der Waals surface area contributed by atoms with Gasteiger partial charge in [-0.25, -0.2) is 0 Å². The van der Waals surface area contributed by atoms with E-state index in [2.05, 4.69) is 0 Å². The standard InChI is InChI=1S/Al.Na.5H2O/h;;5*1H2/q;+1;;;;;/p-4. The molecule has 0 aliphatic heterocycles. The van der Waals surface area contributed by atoms with E-state index in [-0.39, 0.29) is 74.3 Å². The number of hydrogen-bond acceptors (Lipinski definition) is 4. The average Bonchev–Trinajstić information content (AvgIpc) is 0. The Morgan fingerprint density at radius 1 is 0.571 bits per heavy atom. The summed E-state index contributed by atoms with van der Waals surface area (Å²) in [5.41, 5.74) is 0. The second-order valence-electron chi connectivity index (χ2n) is 0. The Labute approximate surface area is 74.1 Å². The van der Waals surface area contributed by atoms with E-state index in [9.17, 15) is 0 Å². The Balaban J connectivity index is 0. The van der Waals surface area contributed by atoms with Crippen LogP contribution >= 0.6 is 0 Å². The number of rotatable bonds is 0. The molecular weight excluding hydrogens is 130 g/mol. The van der Waals surface area contributed by atoms with Crippen LogP contribution in [0.1, 0.15) is 0 Å². The molecule has 0 aromatic heterocycles. The van der Waals surface area contributed by atoms with Crippen molar-refractivity contribution in [3.8, 4) is 0 Å². The first kappa shape index (κ1) is 252. The van der Waals surface area contributed by atoms with Crippen LogP contribution < -0.4 is 29.6 Å². The van der Waals surface area contributed by atoms with E-state index in [1.54, 1.807) is 0 Å². The van der Waals surface area contributed by atoms with Crippen LogP contribution in [0.4, 0.5) is 0 Å². The van der Waals surface area contributed by atoms with Gasteiger partial charge in [0, 0.05) is 17.4 Å². The molecule has 0 aliphatic carbocycles. The first-order chi connectivity index (χ1) is 0. The molecule has 0 unspecified atom stereocenters. The molecule has 3 radical (unpaired) electrons. The van der Waals surface area contributed by atoms with E-state index in [1.165, 1.54) is 0 Å². The van der Waals surface area contributed by atoms with Crippen molar-refractivity contribution in [1.82, 2.24) is 0 Å². The van der Waals surface area contributed by atoms with Gasteiger partial charge in [0.1, 0.15) is 0 Å². The molecular formula is H6AlNaO5-3. The van der Waals surface area contributed by atoms with Crippen LogP contribution in [0.25, 0.3) is 0 Å². The van der Waals surface area contributed by atoms with Gasteiger partial charge < -0.3 is 27.4 Å². The molecule has 0 saturated heterocycles. The topological polar surface area (TPSA) is 152 Å². The Kier molecular flexibility index (Phi) is 5970. The largest absolute Gasteiger partial charge is 1.00 e. The van der Waals surface area contributed by atoms with E-state index in [0.717, 1.165) is 0 Å². The summed E-state index contributed by atoms with van der Waals surface area (Å²) in [5, 5.41) is 0. The van der Waals surface area contributed by atoms with Crippen molar-refractivity contribution >= 4 is 17.4 Å². The minimum atomic E-state index is 0. The summed E-state index contributed by atoms with van der Waals surface area (Å²) in [4.78, 5) is 0. The van der Waals surface area contributed by atoms with Crippen LogP contribution in [-0.2, 0) is 0 Å². The fourth-order valence-corrected chi connectivity index (χ4v) is 0. The summed E-state index contributed by atoms with van der Waals surface area (Å²) in [6, 6.07) is 0. The average molecular weight is 136 g/mol. The molecule has 0 aliphatic rings. The smallest absolute Gasteiger partial charge is 0.870 e. The van der Waals surface area contributed by atoms with Crippen molar-refractivity contribution in [2.45, 2.75) is 0 Å². The molecule has 0 rings (SSSR count). The normalized spacial score (nSPS) is 0. The molecule has 0 spiro atoms. The van der Waals surface area contributed by atoms with Gasteiger partial charge in [-0.15, -0.1) is 0 Å². The Morgan fingerprint density at radius 2 is 0.571 bits per heavy atom. The predicted molar refractivity (Wildman–Crippen MR) is 17.1 cm³/mol. The minimum Gasteiger partial charge on any atom is -0.870 e. The first-order valence-corrected chi connectivity index (χ1v) is 0. The van der Waals surface area contributed by atoms with Gasteiger partial charge in [0.2, 0.25) is 0 Å². The maximum absolute atomic E-state index is 0. The van der Waals surface area contributed by atoms with E-state index >= 15 is 0 Å². The molecule has 6 N–H and O–H groups in total. The van der Waals surface area contributed by atoms with Gasteiger partial charge in [0.15, 0.2) is 0 Å². The molecule has 0 aromatic rings. The summed E-state index contributed by atoms with van der Waals surface area (Å²) in [6.07, 6.45) is 0. The van der Waals surface area contributed by atoms with Crippen molar-refractivity contribution in [3.63, 3.8) is 0 Å². The van der Waals surface area contributed by atoms with Gasteiger partial charge in [-0.1, -0.05) is 0 Å². The van der Waals surface area contributed by atoms with Crippen LogP contribution in [0.15, 0.2) is 0 Å². The van der Waals surface area contributed by atoms with Gasteiger partial charge in [-0.3, -0.25) is 0 Å². The second-order valence-corrected chi connectivity index (χ2v) is 0. The van der Waals surface area contributed by atoms with E-state index in [4.69, 9.17) is 0 Å². The van der Waals surface area contributed by atoms with E-state index in [1.807, 2.05) is 0 Å². The summed E-state index contributed by atoms with van der Waals surface area (Å²) in [7, 11) is 0. The summed E-state index contributed by atoms with van der Waals surface area (Å²) in [5.74, 6) is 0. The van der Waals surface area contributed by atoms with Crippen LogP contribution in [0.5, 0.6) is 0 Å². The first-order valence-electron chi connectivity index (χ1n) is 0. The molecule has 0 heterocycles. The molecule has 0 saturated carbocycles. The zero-order valence-corrected chi connectivity index (χ0v) is 7.02. The fraction of sp³-hybridized carbons (Fsp3) is 0. The Hall–Kier alpha value is 1.33. The molecule has 7 heteroatoms. The summed E-state index contributed by atoms with van der Waals surface area (Å²) in [6.45, 7) is 0. The molecule has 43 valence electrons. The van der Waals surface area contributed by atoms with Gasteiger partial charge >= 0.3 is 29.6 Å². The predicted octanol–water partition coefficient (Wildman–Crippen LogP) is -4.91. The van der Waals surface area contributed by atoms with Crippen LogP contribution in [0.3, 0.4) is 0 Å². The monoisotopic (exact) mass is 136 g/mol. The van der Waals surface area contributed by atoms with Gasteiger partial charge in [0.05, 0.1) is 0 Å². The summed E-state index contributed by atoms with van der Waals surface area (Å²) >= 11 is 0. The van der Waals surface area contributed by atoms with E-state index in [0.29, 0.717) is 0 Å². The van der Waals surface area contributed by atoms with Crippen molar-refractivity contribution < 1.29 is 56.9 Å². The molecule has 7 heavy (non-hydrogen) atoms. The molecule has 5 nitrogen and oxygen atoms in total. The third-order valence-corrected chi connectivity index (χ3v) is 0. The Morgan fingerprint density at radius 3 is 0.571 bits per heavy atom. The SMILES string of the molecule is O.[Al].[Na+].[OH-].[OH-].[OH-].[OH-]. The molecule has 0 atom stereocenters. The van der Waals surface area contributed by atoms with Crippen LogP contribution in [-0.4, -0.2) is 44.7 Å². The van der Waals surface area contributed by atoms with Crippen molar-refractivity contribution in [3.05, 3.63) is 0 Å². The third-order valence-electron chi connectivity index (χ3n) is 0. The zero-order valence-electron chi connectivity index (χ0n) is 3.87. The Bertz CT molecular complexity index is 8.04. The van der Waals surface area contributed by atoms with Crippen LogP contribution in [0.2, 0.25) is 0 Å². The maximum atomic E-state index is 0.